The molecule has 1 atom stereocenters. The maximum atomic E-state index is 13.4. The molecule has 146 valence electrons. The molecule has 7 heteroatoms. The quantitative estimate of drug-likeness (QED) is 0.625. The van der Waals surface area contributed by atoms with Crippen LogP contribution in [0, 0.1) is 19.7 Å². The van der Waals surface area contributed by atoms with Crippen molar-refractivity contribution in [3.05, 3.63) is 47.5 Å². The summed E-state index contributed by atoms with van der Waals surface area (Å²) in [6.07, 6.45) is 6.08. The van der Waals surface area contributed by atoms with Crippen molar-refractivity contribution in [1.29, 1.82) is 0 Å². The summed E-state index contributed by atoms with van der Waals surface area (Å²) in [7, 11) is 1.79. The minimum atomic E-state index is -0.181. The van der Waals surface area contributed by atoms with Crippen LogP contribution in [-0.4, -0.2) is 48.5 Å². The molecule has 0 amide bonds. The molecule has 1 unspecified atom stereocenters. The number of aliphatic imine (C=N–C) groups is 1. The zero-order chi connectivity index (χ0) is 19.2. The molecule has 0 aliphatic carbocycles. The Morgan fingerprint density at radius 3 is 2.93 bits per heavy atom. The highest BCUT2D eigenvalue weighted by molar-refractivity contribution is 5.80. The summed E-state index contributed by atoms with van der Waals surface area (Å²) in [5.74, 6) is 0.626. The van der Waals surface area contributed by atoms with Crippen molar-refractivity contribution >= 4 is 11.6 Å². The smallest absolute Gasteiger partial charge is 0.191 e. The molecule has 1 aliphatic rings. The summed E-state index contributed by atoms with van der Waals surface area (Å²) >= 11 is 0. The van der Waals surface area contributed by atoms with E-state index in [1.807, 2.05) is 37.0 Å². The van der Waals surface area contributed by atoms with Gasteiger partial charge in [-0.1, -0.05) is 0 Å². The van der Waals surface area contributed by atoms with E-state index in [0.29, 0.717) is 6.04 Å². The topological polar surface area (TPSA) is 57.5 Å². The van der Waals surface area contributed by atoms with Crippen molar-refractivity contribution in [3.8, 4) is 0 Å². The Hall–Kier alpha value is -2.57. The lowest BCUT2D eigenvalue weighted by molar-refractivity contribution is 0.466. The van der Waals surface area contributed by atoms with Gasteiger partial charge in [-0.15, -0.1) is 0 Å². The van der Waals surface area contributed by atoms with Crippen LogP contribution >= 0.6 is 0 Å². The molecule has 2 aromatic rings. The summed E-state index contributed by atoms with van der Waals surface area (Å²) in [5, 5.41) is 11.2. The van der Waals surface area contributed by atoms with Crippen molar-refractivity contribution in [2.24, 2.45) is 4.99 Å². The minimum absolute atomic E-state index is 0.181. The monoisotopic (exact) mass is 372 g/mol. The molecule has 3 rings (SSSR count). The molecule has 27 heavy (non-hydrogen) atoms. The van der Waals surface area contributed by atoms with Crippen LogP contribution in [0.4, 0.5) is 10.1 Å². The van der Waals surface area contributed by atoms with E-state index in [0.717, 1.165) is 61.8 Å². The van der Waals surface area contributed by atoms with E-state index in [1.165, 1.54) is 6.07 Å². The summed E-state index contributed by atoms with van der Waals surface area (Å²) in [6, 6.07) is 5.33. The third-order valence-corrected chi connectivity index (χ3v) is 4.88. The molecule has 0 saturated carbocycles. The van der Waals surface area contributed by atoms with Crippen LogP contribution in [-0.2, 0) is 6.54 Å². The van der Waals surface area contributed by atoms with Crippen molar-refractivity contribution in [2.75, 3.05) is 31.6 Å². The first-order chi connectivity index (χ1) is 13.0. The normalized spacial score (nSPS) is 17.9. The van der Waals surface area contributed by atoms with Crippen LogP contribution < -0.4 is 15.5 Å². The van der Waals surface area contributed by atoms with Crippen LogP contribution in [0.1, 0.15) is 24.0 Å². The van der Waals surface area contributed by atoms with Crippen LogP contribution in [0.5, 0.6) is 0 Å². The highest BCUT2D eigenvalue weighted by Crippen LogP contribution is 2.24. The summed E-state index contributed by atoms with van der Waals surface area (Å²) < 4.78 is 15.3. The lowest BCUT2D eigenvalue weighted by Crippen LogP contribution is -2.51. The first-order valence-electron chi connectivity index (χ1n) is 9.52. The number of benzene rings is 1. The van der Waals surface area contributed by atoms with E-state index in [1.54, 1.807) is 13.1 Å². The van der Waals surface area contributed by atoms with Gasteiger partial charge in [-0.3, -0.25) is 9.67 Å². The van der Waals surface area contributed by atoms with Gasteiger partial charge in [0, 0.05) is 44.6 Å². The van der Waals surface area contributed by atoms with Crippen molar-refractivity contribution in [3.63, 3.8) is 0 Å². The number of guanidine groups is 1. The average molecular weight is 372 g/mol. The summed E-state index contributed by atoms with van der Waals surface area (Å²) in [6.45, 7) is 7.43. The van der Waals surface area contributed by atoms with Gasteiger partial charge in [-0.25, -0.2) is 4.39 Å². The molecule has 2 N–H and O–H groups in total. The molecule has 1 saturated heterocycles. The second-order valence-corrected chi connectivity index (χ2v) is 7.14. The molecule has 0 radical (unpaired) electrons. The van der Waals surface area contributed by atoms with E-state index >= 15 is 0 Å². The molecule has 0 bridgehead atoms. The van der Waals surface area contributed by atoms with Crippen molar-refractivity contribution < 1.29 is 4.39 Å². The zero-order valence-corrected chi connectivity index (χ0v) is 16.4. The van der Waals surface area contributed by atoms with Crippen LogP contribution in [0.25, 0.3) is 0 Å². The van der Waals surface area contributed by atoms with Gasteiger partial charge < -0.3 is 15.5 Å². The average Bonchev–Trinajstić information content (AvgIpc) is 3.06. The van der Waals surface area contributed by atoms with Crippen LogP contribution in [0.3, 0.4) is 0 Å². The Kier molecular flexibility index (Phi) is 6.32. The Bertz CT molecular complexity index is 785. The van der Waals surface area contributed by atoms with Crippen LogP contribution in [0.2, 0.25) is 0 Å². The van der Waals surface area contributed by atoms with Gasteiger partial charge in [-0.05, 0) is 56.0 Å². The Morgan fingerprint density at radius 2 is 2.22 bits per heavy atom. The van der Waals surface area contributed by atoms with Crippen molar-refractivity contribution in [1.82, 2.24) is 20.4 Å². The third kappa shape index (κ3) is 5.21. The first-order valence-corrected chi connectivity index (χ1v) is 9.52. The van der Waals surface area contributed by atoms with Gasteiger partial charge in [0.05, 0.1) is 12.7 Å². The number of aromatic nitrogens is 2. The number of rotatable bonds is 5. The van der Waals surface area contributed by atoms with Gasteiger partial charge >= 0.3 is 0 Å². The number of piperidine rings is 1. The number of aryl methyl sites for hydroxylation is 2. The first kappa shape index (κ1) is 19.2. The molecule has 1 aromatic carbocycles. The fraction of sp³-hybridized carbons (Fsp3) is 0.500. The SMILES string of the molecule is CN=C(NCCn1cc(C)cn1)NC1CCCN(c2ccc(F)cc2C)C1. The second kappa shape index (κ2) is 8.88. The highest BCUT2D eigenvalue weighted by Gasteiger charge is 2.22. The fourth-order valence-corrected chi connectivity index (χ4v) is 3.55. The number of nitrogens with zero attached hydrogens (tertiary/aromatic N) is 4. The lowest BCUT2D eigenvalue weighted by atomic mass is 10.0. The second-order valence-electron chi connectivity index (χ2n) is 7.14. The molecular formula is C20H29FN6. The molecule has 2 heterocycles. The Morgan fingerprint density at radius 1 is 1.37 bits per heavy atom. The van der Waals surface area contributed by atoms with E-state index < -0.39 is 0 Å². The molecule has 0 spiro atoms. The largest absolute Gasteiger partial charge is 0.369 e. The molecular weight excluding hydrogens is 343 g/mol. The van der Waals surface area contributed by atoms with E-state index in [9.17, 15) is 4.39 Å². The zero-order valence-electron chi connectivity index (χ0n) is 16.4. The van der Waals surface area contributed by atoms with Gasteiger partial charge in [0.2, 0.25) is 0 Å². The standard InChI is InChI=1S/C20H29FN6/c1-15-12-24-27(13-15)10-8-23-20(22-3)25-18-5-4-9-26(14-18)19-7-6-17(21)11-16(19)2/h6-7,11-13,18H,4-5,8-10,14H2,1-3H3,(H2,22,23,25). The predicted octanol–water partition coefficient (Wildman–Crippen LogP) is 2.47. The minimum Gasteiger partial charge on any atom is -0.369 e. The summed E-state index contributed by atoms with van der Waals surface area (Å²) in [4.78, 5) is 6.67. The maximum Gasteiger partial charge on any atom is 0.191 e. The van der Waals surface area contributed by atoms with Gasteiger partial charge in [-0.2, -0.15) is 5.10 Å². The lowest BCUT2D eigenvalue weighted by Gasteiger charge is -2.36. The van der Waals surface area contributed by atoms with E-state index in [2.05, 4.69) is 25.6 Å². The number of halogens is 1. The number of hydrogen-bond acceptors (Lipinski definition) is 3. The van der Waals surface area contributed by atoms with E-state index in [4.69, 9.17) is 0 Å². The van der Waals surface area contributed by atoms with Crippen LogP contribution in [0.15, 0.2) is 35.6 Å². The fourth-order valence-electron chi connectivity index (χ4n) is 3.55. The molecule has 1 aliphatic heterocycles. The molecule has 1 aromatic heterocycles. The van der Waals surface area contributed by atoms with Gasteiger partial charge in [0.1, 0.15) is 5.82 Å². The number of anilines is 1. The predicted molar refractivity (Wildman–Crippen MR) is 108 cm³/mol. The third-order valence-electron chi connectivity index (χ3n) is 4.88. The molecule has 6 nitrogen and oxygen atoms in total. The van der Waals surface area contributed by atoms with Crippen molar-refractivity contribution in [2.45, 2.75) is 39.3 Å². The van der Waals surface area contributed by atoms with E-state index in [-0.39, 0.29) is 5.82 Å². The number of hydrogen-bond donors (Lipinski definition) is 2. The molecule has 1 fully saturated rings. The Balaban J connectivity index is 1.52. The van der Waals surface area contributed by atoms with Gasteiger partial charge in [0.15, 0.2) is 5.96 Å². The number of nitrogens with one attached hydrogen (secondary N) is 2. The maximum absolute atomic E-state index is 13.4. The summed E-state index contributed by atoms with van der Waals surface area (Å²) in [5.41, 5.74) is 3.25. The Labute approximate surface area is 160 Å². The highest BCUT2D eigenvalue weighted by atomic mass is 19.1. The van der Waals surface area contributed by atoms with Gasteiger partial charge in [0.25, 0.3) is 0 Å².